The molecule has 118 valence electrons. The molecule has 1 fully saturated rings. The minimum Gasteiger partial charge on any atom is -0.316 e. The highest BCUT2D eigenvalue weighted by molar-refractivity contribution is 5.82. The van der Waals surface area contributed by atoms with Crippen LogP contribution in [0.1, 0.15) is 56.1 Å². The zero-order valence-electron chi connectivity index (χ0n) is 13.9. The van der Waals surface area contributed by atoms with Crippen molar-refractivity contribution in [2.45, 2.75) is 58.8 Å². The normalized spacial score (nSPS) is 19.0. The first kappa shape index (κ1) is 15.2. The predicted molar refractivity (Wildman–Crippen MR) is 87.9 cm³/mol. The molecule has 2 aromatic rings. The molecule has 0 bridgehead atoms. The fraction of sp³-hybridized carbons (Fsp3) is 0.611. The lowest BCUT2D eigenvalue weighted by Crippen LogP contribution is -2.21. The summed E-state index contributed by atoms with van der Waals surface area (Å²) in [5, 5.41) is 0. The number of hydrogen-bond donors (Lipinski definition) is 0. The molecule has 0 aliphatic heterocycles. The van der Waals surface area contributed by atoms with E-state index in [9.17, 15) is 4.79 Å². The van der Waals surface area contributed by atoms with Gasteiger partial charge in [0.1, 0.15) is 17.1 Å². The fourth-order valence-electron chi connectivity index (χ4n) is 3.49. The molecule has 0 saturated heterocycles. The number of hydrogen-bond acceptors (Lipinski definition) is 3. The Morgan fingerprint density at radius 1 is 1.32 bits per heavy atom. The number of carbonyl (C=O) groups is 1. The number of fused-ring (bicyclic) bond motifs is 1. The highest BCUT2D eigenvalue weighted by atomic mass is 16.1. The van der Waals surface area contributed by atoms with Crippen molar-refractivity contribution in [2.24, 2.45) is 13.0 Å². The van der Waals surface area contributed by atoms with E-state index in [0.717, 1.165) is 61.2 Å². The summed E-state index contributed by atoms with van der Waals surface area (Å²) in [4.78, 5) is 21.6. The van der Waals surface area contributed by atoms with Crippen molar-refractivity contribution >= 4 is 16.9 Å². The summed E-state index contributed by atoms with van der Waals surface area (Å²) in [6.45, 7) is 4.26. The van der Waals surface area contributed by atoms with Crippen LogP contribution in [0.2, 0.25) is 0 Å². The highest BCUT2D eigenvalue weighted by Gasteiger charge is 2.23. The number of ketones is 1. The Labute approximate surface area is 132 Å². The first-order valence-electron chi connectivity index (χ1n) is 8.44. The summed E-state index contributed by atoms with van der Waals surface area (Å²) in [7, 11) is 2.04. The van der Waals surface area contributed by atoms with Gasteiger partial charge in [0.25, 0.3) is 0 Å². The van der Waals surface area contributed by atoms with E-state index < -0.39 is 0 Å². The maximum absolute atomic E-state index is 12.1. The molecule has 22 heavy (non-hydrogen) atoms. The fourth-order valence-corrected chi connectivity index (χ4v) is 3.49. The van der Waals surface area contributed by atoms with Crippen LogP contribution in [0.15, 0.2) is 6.07 Å². The Balaban J connectivity index is 1.94. The zero-order valence-corrected chi connectivity index (χ0v) is 13.9. The lowest BCUT2D eigenvalue weighted by Gasteiger charge is -2.20. The molecule has 4 nitrogen and oxygen atoms in total. The van der Waals surface area contributed by atoms with Crippen molar-refractivity contribution < 1.29 is 4.79 Å². The average molecular weight is 299 g/mol. The van der Waals surface area contributed by atoms with Gasteiger partial charge in [-0.3, -0.25) is 4.79 Å². The summed E-state index contributed by atoms with van der Waals surface area (Å²) in [6, 6.07) is 2.12. The second-order valence-electron chi connectivity index (χ2n) is 6.55. The molecule has 1 atom stereocenters. The van der Waals surface area contributed by atoms with Gasteiger partial charge in [0.2, 0.25) is 0 Å². The molecule has 1 unspecified atom stereocenters. The molecule has 1 aliphatic rings. The van der Waals surface area contributed by atoms with Crippen molar-refractivity contribution in [2.75, 3.05) is 0 Å². The maximum atomic E-state index is 12.1. The molecule has 1 aliphatic carbocycles. The van der Waals surface area contributed by atoms with Crippen LogP contribution >= 0.6 is 0 Å². The number of imidazole rings is 1. The molecule has 4 heteroatoms. The second kappa shape index (κ2) is 6.19. The number of nitrogens with zero attached hydrogens (tertiary/aromatic N) is 3. The van der Waals surface area contributed by atoms with Crippen molar-refractivity contribution in [1.29, 1.82) is 0 Å². The van der Waals surface area contributed by atoms with E-state index in [4.69, 9.17) is 9.97 Å². The van der Waals surface area contributed by atoms with E-state index in [2.05, 4.69) is 24.5 Å². The van der Waals surface area contributed by atoms with Gasteiger partial charge < -0.3 is 4.57 Å². The van der Waals surface area contributed by atoms with Crippen LogP contribution in [0.25, 0.3) is 11.2 Å². The first-order chi connectivity index (χ1) is 10.6. The average Bonchev–Trinajstić information content (AvgIpc) is 2.80. The molecular weight excluding hydrogens is 274 g/mol. The Kier molecular flexibility index (Phi) is 4.27. The van der Waals surface area contributed by atoms with Gasteiger partial charge in [-0.1, -0.05) is 13.3 Å². The molecule has 2 heterocycles. The Morgan fingerprint density at radius 2 is 2.14 bits per heavy atom. The molecule has 0 radical (unpaired) electrons. The lowest BCUT2D eigenvalue weighted by atomic mass is 9.84. The van der Waals surface area contributed by atoms with E-state index in [-0.39, 0.29) is 5.92 Å². The van der Waals surface area contributed by atoms with Crippen molar-refractivity contribution in [3.8, 4) is 0 Å². The van der Waals surface area contributed by atoms with Crippen LogP contribution in [0.3, 0.4) is 0 Å². The van der Waals surface area contributed by atoms with Crippen LogP contribution in [0, 0.1) is 12.8 Å². The summed E-state index contributed by atoms with van der Waals surface area (Å²) < 4.78 is 2.11. The molecule has 2 aromatic heterocycles. The number of aryl methyl sites for hydroxylation is 3. The number of aromatic nitrogens is 3. The third-order valence-corrected chi connectivity index (χ3v) is 4.77. The van der Waals surface area contributed by atoms with Gasteiger partial charge in [0.05, 0.1) is 0 Å². The number of pyridine rings is 1. The monoisotopic (exact) mass is 299 g/mol. The van der Waals surface area contributed by atoms with Crippen LogP contribution in [-0.2, 0) is 24.7 Å². The van der Waals surface area contributed by atoms with Gasteiger partial charge in [0.15, 0.2) is 5.65 Å². The Morgan fingerprint density at radius 3 is 2.86 bits per heavy atom. The largest absolute Gasteiger partial charge is 0.316 e. The SMILES string of the molecule is CCCc1nc2c(C)cc(CC3CCCCC3=O)nc2n1C. The van der Waals surface area contributed by atoms with Gasteiger partial charge in [-0.05, 0) is 44.2 Å². The molecule has 0 N–H and O–H groups in total. The number of Topliss-reactive ketones (excluding diaryl/α,β-unsaturated/α-hetero) is 1. The molecule has 1 saturated carbocycles. The lowest BCUT2D eigenvalue weighted by molar-refractivity contribution is -0.124. The van der Waals surface area contributed by atoms with Gasteiger partial charge in [0, 0.05) is 31.5 Å². The third-order valence-electron chi connectivity index (χ3n) is 4.77. The van der Waals surface area contributed by atoms with Crippen LogP contribution in [-0.4, -0.2) is 20.3 Å². The van der Waals surface area contributed by atoms with Gasteiger partial charge in [-0.2, -0.15) is 0 Å². The van der Waals surface area contributed by atoms with Crippen molar-refractivity contribution in [1.82, 2.24) is 14.5 Å². The second-order valence-corrected chi connectivity index (χ2v) is 6.55. The van der Waals surface area contributed by atoms with Crippen molar-refractivity contribution in [3.05, 3.63) is 23.1 Å². The number of carbonyl (C=O) groups excluding carboxylic acids is 1. The number of rotatable bonds is 4. The highest BCUT2D eigenvalue weighted by Crippen LogP contribution is 2.26. The van der Waals surface area contributed by atoms with Crippen LogP contribution in [0.4, 0.5) is 0 Å². The third kappa shape index (κ3) is 2.79. The maximum Gasteiger partial charge on any atom is 0.160 e. The van der Waals surface area contributed by atoms with E-state index in [0.29, 0.717) is 5.78 Å². The minimum absolute atomic E-state index is 0.168. The zero-order chi connectivity index (χ0) is 15.7. The Hall–Kier alpha value is -1.71. The smallest absolute Gasteiger partial charge is 0.160 e. The topological polar surface area (TPSA) is 47.8 Å². The van der Waals surface area contributed by atoms with Crippen LogP contribution < -0.4 is 0 Å². The summed E-state index contributed by atoms with van der Waals surface area (Å²) in [5.74, 6) is 1.68. The van der Waals surface area contributed by atoms with E-state index in [1.165, 1.54) is 12.0 Å². The Bertz CT molecular complexity index is 702. The molecule has 3 rings (SSSR count). The standard InChI is InChI=1S/C18H25N3O/c1-4-7-16-20-17-12(2)10-14(19-18(17)21(16)3)11-13-8-5-6-9-15(13)22/h10,13H,4-9,11H2,1-3H3. The molecule has 0 spiro atoms. The molecule has 0 amide bonds. The van der Waals surface area contributed by atoms with E-state index >= 15 is 0 Å². The quantitative estimate of drug-likeness (QED) is 0.867. The van der Waals surface area contributed by atoms with E-state index in [1.54, 1.807) is 0 Å². The van der Waals surface area contributed by atoms with Gasteiger partial charge in [-0.25, -0.2) is 9.97 Å². The summed E-state index contributed by atoms with van der Waals surface area (Å²) >= 11 is 0. The summed E-state index contributed by atoms with van der Waals surface area (Å²) in [6.07, 6.45) is 6.83. The summed E-state index contributed by atoms with van der Waals surface area (Å²) in [5.41, 5.74) is 4.17. The molecule has 0 aromatic carbocycles. The van der Waals surface area contributed by atoms with Crippen molar-refractivity contribution in [3.63, 3.8) is 0 Å². The predicted octanol–water partition coefficient (Wildman–Crippen LogP) is 3.53. The van der Waals surface area contributed by atoms with E-state index in [1.807, 2.05) is 7.05 Å². The molecular formula is C18H25N3O. The van der Waals surface area contributed by atoms with Gasteiger partial charge >= 0.3 is 0 Å². The van der Waals surface area contributed by atoms with Crippen LogP contribution in [0.5, 0.6) is 0 Å². The minimum atomic E-state index is 0.168. The first-order valence-corrected chi connectivity index (χ1v) is 8.44. The van der Waals surface area contributed by atoms with Gasteiger partial charge in [-0.15, -0.1) is 0 Å².